The van der Waals surface area contributed by atoms with Crippen molar-refractivity contribution in [1.82, 2.24) is 9.88 Å². The number of rotatable bonds is 10. The fourth-order valence-electron chi connectivity index (χ4n) is 4.67. The zero-order valence-electron chi connectivity index (χ0n) is 24.0. The van der Waals surface area contributed by atoms with Crippen molar-refractivity contribution in [3.05, 3.63) is 77.5 Å². The minimum atomic E-state index is -0.689. The molecule has 4 rings (SSSR count). The van der Waals surface area contributed by atoms with E-state index in [2.05, 4.69) is 25.4 Å². The van der Waals surface area contributed by atoms with Crippen LogP contribution in [-0.2, 0) is 16.1 Å². The number of aromatic nitrogens is 1. The van der Waals surface area contributed by atoms with Gasteiger partial charge >= 0.3 is 5.97 Å². The van der Waals surface area contributed by atoms with Gasteiger partial charge in [-0.1, -0.05) is 0 Å². The number of benzene rings is 2. The Balaban J connectivity index is 1.34. The summed E-state index contributed by atoms with van der Waals surface area (Å²) in [6.45, 7) is 8.54. The zero-order chi connectivity index (χ0) is 30.4. The number of ether oxygens (including phenoxy) is 1. The summed E-state index contributed by atoms with van der Waals surface area (Å²) >= 11 is 0. The Morgan fingerprint density at radius 2 is 1.67 bits per heavy atom. The van der Waals surface area contributed by atoms with Crippen LogP contribution >= 0.6 is 0 Å². The summed E-state index contributed by atoms with van der Waals surface area (Å²) in [5, 5.41) is 6.22. The number of hydrogen-bond acceptors (Lipinski definition) is 9. The van der Waals surface area contributed by atoms with Crippen LogP contribution in [0.5, 0.6) is 0 Å². The highest BCUT2D eigenvalue weighted by Crippen LogP contribution is 2.25. The molecule has 1 aliphatic rings. The highest BCUT2D eigenvalue weighted by molar-refractivity contribution is 5.98. The molecule has 6 N–H and O–H groups in total. The minimum Gasteiger partial charge on any atom is -0.460 e. The third-order valence-electron chi connectivity index (χ3n) is 6.66. The van der Waals surface area contributed by atoms with Gasteiger partial charge in [0.25, 0.3) is 5.91 Å². The highest BCUT2D eigenvalue weighted by atomic mass is 19.1. The molecule has 0 spiro atoms. The molecule has 3 aromatic rings. The molecular formula is C30H37F2N7O3. The second-order valence-electron chi connectivity index (χ2n) is 11.2. The minimum absolute atomic E-state index is 0.0757. The van der Waals surface area contributed by atoms with Crippen molar-refractivity contribution in [2.24, 2.45) is 11.5 Å². The fraction of sp³-hybridized carbons (Fsp3) is 0.367. The summed E-state index contributed by atoms with van der Waals surface area (Å²) in [7, 11) is 0. The number of primary amides is 1. The summed E-state index contributed by atoms with van der Waals surface area (Å²) in [5.74, 6) is -1.91. The number of carbonyl (C=O) groups excluding carboxylic acids is 2. The molecule has 2 aromatic carbocycles. The molecule has 12 heteroatoms. The number of piperazine rings is 1. The van der Waals surface area contributed by atoms with Crippen LogP contribution in [-0.4, -0.2) is 59.7 Å². The third kappa shape index (κ3) is 8.60. The van der Waals surface area contributed by atoms with Crippen molar-refractivity contribution in [2.75, 3.05) is 41.7 Å². The Bertz CT molecular complexity index is 1380. The van der Waals surface area contributed by atoms with Crippen LogP contribution in [0.25, 0.3) is 0 Å². The molecule has 0 saturated carbocycles. The SMILES string of the molecule is CC(C)(C)OC(=O)CC(N)N1CCN(c2ccc(Nc3cc(NCc4cc(F)cc(F)c4)c(C(N)=O)cn3)cc2)CC1. The van der Waals surface area contributed by atoms with Gasteiger partial charge in [-0.05, 0) is 62.7 Å². The first-order chi connectivity index (χ1) is 19.9. The average molecular weight is 582 g/mol. The van der Waals surface area contributed by atoms with Crippen LogP contribution in [0.2, 0.25) is 0 Å². The molecule has 42 heavy (non-hydrogen) atoms. The molecule has 1 aliphatic heterocycles. The van der Waals surface area contributed by atoms with Crippen LogP contribution < -0.4 is 27.0 Å². The number of pyridine rings is 1. The summed E-state index contributed by atoms with van der Waals surface area (Å²) < 4.78 is 32.5. The maximum absolute atomic E-state index is 13.6. The van der Waals surface area contributed by atoms with Crippen molar-refractivity contribution in [2.45, 2.75) is 45.5 Å². The van der Waals surface area contributed by atoms with E-state index >= 15 is 0 Å². The second-order valence-corrected chi connectivity index (χ2v) is 11.2. The predicted molar refractivity (Wildman–Crippen MR) is 158 cm³/mol. The number of anilines is 4. The third-order valence-corrected chi connectivity index (χ3v) is 6.66. The van der Waals surface area contributed by atoms with E-state index in [0.29, 0.717) is 17.1 Å². The maximum Gasteiger partial charge on any atom is 0.309 e. The first kappa shape index (κ1) is 30.7. The Morgan fingerprint density at radius 3 is 2.26 bits per heavy atom. The number of amides is 1. The van der Waals surface area contributed by atoms with Gasteiger partial charge in [-0.25, -0.2) is 13.8 Å². The largest absolute Gasteiger partial charge is 0.460 e. The normalized spacial score (nSPS) is 14.8. The smallest absolute Gasteiger partial charge is 0.309 e. The van der Waals surface area contributed by atoms with E-state index in [9.17, 15) is 18.4 Å². The molecule has 1 fully saturated rings. The number of nitrogens with one attached hydrogen (secondary N) is 2. The number of esters is 1. The van der Waals surface area contributed by atoms with Crippen LogP contribution in [0.1, 0.15) is 43.1 Å². The topological polar surface area (TPSA) is 139 Å². The Kier molecular flexibility index (Phi) is 9.59. The summed E-state index contributed by atoms with van der Waals surface area (Å²) in [4.78, 5) is 32.7. The quantitative estimate of drug-likeness (QED) is 0.262. The average Bonchev–Trinajstić information content (AvgIpc) is 2.91. The van der Waals surface area contributed by atoms with E-state index in [0.717, 1.165) is 43.6 Å². The van der Waals surface area contributed by atoms with Crippen LogP contribution in [0.4, 0.5) is 31.7 Å². The van der Waals surface area contributed by atoms with Crippen molar-refractivity contribution >= 4 is 34.8 Å². The number of hydrogen-bond donors (Lipinski definition) is 4. The van der Waals surface area contributed by atoms with Gasteiger partial charge in [0, 0.05) is 62.4 Å². The maximum atomic E-state index is 13.6. The number of nitrogens with zero attached hydrogens (tertiary/aromatic N) is 3. The van der Waals surface area contributed by atoms with Crippen LogP contribution in [0.15, 0.2) is 54.7 Å². The molecule has 1 atom stereocenters. The zero-order valence-corrected chi connectivity index (χ0v) is 24.0. The Morgan fingerprint density at radius 1 is 1.02 bits per heavy atom. The van der Waals surface area contributed by atoms with Gasteiger partial charge in [0.2, 0.25) is 0 Å². The summed E-state index contributed by atoms with van der Waals surface area (Å²) in [5.41, 5.74) is 14.0. The standard InChI is InChI=1S/C30H37F2N7O3/c1-30(2,3)42-28(40)16-26(33)39-10-8-38(9-11-39)23-6-4-22(5-7-23)37-27-15-25(24(18-36-27)29(34)41)35-17-19-12-20(31)14-21(32)13-19/h4-7,12-15,18,26H,8-11,16-17,33H2,1-3H3,(H2,34,41)(H2,35,36,37). The van der Waals surface area contributed by atoms with E-state index in [1.165, 1.54) is 18.3 Å². The van der Waals surface area contributed by atoms with Gasteiger partial charge in [-0.2, -0.15) is 0 Å². The monoisotopic (exact) mass is 581 g/mol. The predicted octanol–water partition coefficient (Wildman–Crippen LogP) is 3.95. The Hall–Kier alpha value is -4.29. The molecule has 1 amide bonds. The van der Waals surface area contributed by atoms with E-state index in [1.54, 1.807) is 6.07 Å². The number of carbonyl (C=O) groups is 2. The number of halogens is 2. The summed E-state index contributed by atoms with van der Waals surface area (Å²) in [6, 6.07) is 12.7. The summed E-state index contributed by atoms with van der Waals surface area (Å²) in [6.07, 6.45) is 1.10. The van der Waals surface area contributed by atoms with Gasteiger partial charge in [0.1, 0.15) is 23.1 Å². The molecule has 1 saturated heterocycles. The van der Waals surface area contributed by atoms with E-state index < -0.39 is 29.3 Å². The van der Waals surface area contributed by atoms with Crippen molar-refractivity contribution < 1.29 is 23.1 Å². The lowest BCUT2D eigenvalue weighted by Gasteiger charge is -2.38. The molecular weight excluding hydrogens is 544 g/mol. The number of nitrogens with two attached hydrogens (primary N) is 2. The lowest BCUT2D eigenvalue weighted by molar-refractivity contribution is -0.156. The van der Waals surface area contributed by atoms with E-state index in [-0.39, 0.29) is 24.5 Å². The lowest BCUT2D eigenvalue weighted by atomic mass is 10.1. The molecule has 224 valence electrons. The fourth-order valence-corrected chi connectivity index (χ4v) is 4.67. The van der Waals surface area contributed by atoms with Gasteiger partial charge in [-0.15, -0.1) is 0 Å². The van der Waals surface area contributed by atoms with Gasteiger partial charge in [0.15, 0.2) is 0 Å². The Labute approximate surface area is 244 Å². The van der Waals surface area contributed by atoms with Gasteiger partial charge < -0.3 is 31.7 Å². The van der Waals surface area contributed by atoms with Gasteiger partial charge in [0.05, 0.1) is 23.8 Å². The molecule has 10 nitrogen and oxygen atoms in total. The van der Waals surface area contributed by atoms with Gasteiger partial charge in [-0.3, -0.25) is 14.5 Å². The lowest BCUT2D eigenvalue weighted by Crippen LogP contribution is -2.54. The highest BCUT2D eigenvalue weighted by Gasteiger charge is 2.25. The van der Waals surface area contributed by atoms with E-state index in [4.69, 9.17) is 16.2 Å². The van der Waals surface area contributed by atoms with Crippen LogP contribution in [0.3, 0.4) is 0 Å². The van der Waals surface area contributed by atoms with Crippen molar-refractivity contribution in [3.8, 4) is 0 Å². The molecule has 1 aromatic heterocycles. The molecule has 2 heterocycles. The first-order valence-corrected chi connectivity index (χ1v) is 13.7. The first-order valence-electron chi connectivity index (χ1n) is 13.7. The molecule has 1 unspecified atom stereocenters. The molecule has 0 bridgehead atoms. The second kappa shape index (κ2) is 13.1. The van der Waals surface area contributed by atoms with Crippen LogP contribution in [0, 0.1) is 11.6 Å². The van der Waals surface area contributed by atoms with Crippen molar-refractivity contribution in [1.29, 1.82) is 0 Å². The van der Waals surface area contributed by atoms with E-state index in [1.807, 2.05) is 45.0 Å². The van der Waals surface area contributed by atoms with Crippen molar-refractivity contribution in [3.63, 3.8) is 0 Å². The molecule has 0 aliphatic carbocycles. The molecule has 0 radical (unpaired) electrons.